The van der Waals surface area contributed by atoms with Crippen molar-refractivity contribution in [1.82, 2.24) is 14.9 Å². The Balaban J connectivity index is 1.37. The highest BCUT2D eigenvalue weighted by Crippen LogP contribution is 2.34. The number of fused-ring (bicyclic) bond motifs is 1. The van der Waals surface area contributed by atoms with Gasteiger partial charge in [0, 0.05) is 49.1 Å². The minimum absolute atomic E-state index is 0.141. The Morgan fingerprint density at radius 3 is 2.70 bits per heavy atom. The molecule has 1 aromatic carbocycles. The van der Waals surface area contributed by atoms with E-state index in [9.17, 15) is 9.59 Å². The maximum absolute atomic E-state index is 12.9. The van der Waals surface area contributed by atoms with Gasteiger partial charge in [-0.05, 0) is 57.9 Å². The van der Waals surface area contributed by atoms with Gasteiger partial charge in [-0.15, -0.1) is 0 Å². The molecule has 6 nitrogen and oxygen atoms in total. The molecule has 1 saturated carbocycles. The summed E-state index contributed by atoms with van der Waals surface area (Å²) in [6, 6.07) is 8.47. The lowest BCUT2D eigenvalue weighted by Gasteiger charge is -2.37. The second-order valence-electron chi connectivity index (χ2n) is 10.0. The molecule has 174 valence electrons. The molecule has 1 aliphatic carbocycles. The number of carbonyl (C=O) groups excluding carboxylic acids is 2. The molecule has 0 radical (unpaired) electrons. The SMILES string of the molecule is Cc1cccc(CCN2C(=O)CCc3c(C)nc(C4CCCN(C(=O)C5CCC5)C4)nc32)c1. The first-order valence-electron chi connectivity index (χ1n) is 12.5. The van der Waals surface area contributed by atoms with Gasteiger partial charge in [-0.3, -0.25) is 14.5 Å². The average Bonchev–Trinajstić information content (AvgIpc) is 2.77. The Kier molecular flexibility index (Phi) is 6.17. The zero-order valence-corrected chi connectivity index (χ0v) is 19.8. The van der Waals surface area contributed by atoms with Crippen molar-refractivity contribution in [3.8, 4) is 0 Å². The second kappa shape index (κ2) is 9.24. The molecule has 2 aliphatic heterocycles. The average molecular weight is 447 g/mol. The molecule has 1 unspecified atom stereocenters. The number of hydrogen-bond donors (Lipinski definition) is 0. The number of aryl methyl sites for hydroxylation is 2. The molecule has 6 heteroatoms. The number of nitrogens with zero attached hydrogens (tertiary/aromatic N) is 4. The van der Waals surface area contributed by atoms with Crippen molar-refractivity contribution in [1.29, 1.82) is 0 Å². The number of rotatable bonds is 5. The van der Waals surface area contributed by atoms with Gasteiger partial charge in [-0.25, -0.2) is 9.97 Å². The smallest absolute Gasteiger partial charge is 0.228 e. The van der Waals surface area contributed by atoms with Gasteiger partial charge < -0.3 is 4.90 Å². The Hall–Kier alpha value is -2.76. The van der Waals surface area contributed by atoms with Crippen LogP contribution >= 0.6 is 0 Å². The van der Waals surface area contributed by atoms with E-state index in [2.05, 4.69) is 31.2 Å². The van der Waals surface area contributed by atoms with Crippen molar-refractivity contribution in [2.24, 2.45) is 5.92 Å². The van der Waals surface area contributed by atoms with E-state index < -0.39 is 0 Å². The fourth-order valence-electron chi connectivity index (χ4n) is 5.43. The number of carbonyl (C=O) groups is 2. The van der Waals surface area contributed by atoms with Crippen LogP contribution in [-0.4, -0.2) is 46.3 Å². The zero-order valence-electron chi connectivity index (χ0n) is 19.8. The van der Waals surface area contributed by atoms with Crippen LogP contribution in [0.3, 0.4) is 0 Å². The van der Waals surface area contributed by atoms with Crippen LogP contribution in [0, 0.1) is 19.8 Å². The maximum atomic E-state index is 12.9. The van der Waals surface area contributed by atoms with Crippen molar-refractivity contribution >= 4 is 17.6 Å². The minimum Gasteiger partial charge on any atom is -0.342 e. The summed E-state index contributed by atoms with van der Waals surface area (Å²) in [6.45, 7) is 6.30. The van der Waals surface area contributed by atoms with Crippen molar-refractivity contribution in [2.75, 3.05) is 24.5 Å². The molecule has 0 bridgehead atoms. The Bertz CT molecular complexity index is 1060. The van der Waals surface area contributed by atoms with Crippen LogP contribution in [-0.2, 0) is 22.4 Å². The van der Waals surface area contributed by atoms with Crippen molar-refractivity contribution in [3.05, 3.63) is 52.5 Å². The highest BCUT2D eigenvalue weighted by atomic mass is 16.2. The molecular weight excluding hydrogens is 412 g/mol. The largest absolute Gasteiger partial charge is 0.342 e. The second-order valence-corrected chi connectivity index (χ2v) is 10.0. The fourth-order valence-corrected chi connectivity index (χ4v) is 5.43. The van der Waals surface area contributed by atoms with Crippen LogP contribution in [0.1, 0.15) is 72.7 Å². The van der Waals surface area contributed by atoms with Gasteiger partial charge in [0.25, 0.3) is 0 Å². The zero-order chi connectivity index (χ0) is 22.9. The van der Waals surface area contributed by atoms with Crippen LogP contribution in [0.25, 0.3) is 0 Å². The number of amides is 2. The Morgan fingerprint density at radius 2 is 1.94 bits per heavy atom. The van der Waals surface area contributed by atoms with Gasteiger partial charge in [-0.1, -0.05) is 36.2 Å². The molecule has 3 heterocycles. The molecule has 1 aromatic heterocycles. The molecule has 2 aromatic rings. The van der Waals surface area contributed by atoms with Crippen molar-refractivity contribution < 1.29 is 9.59 Å². The van der Waals surface area contributed by atoms with Crippen LogP contribution in [0.4, 0.5) is 5.82 Å². The van der Waals surface area contributed by atoms with Crippen LogP contribution in [0.5, 0.6) is 0 Å². The lowest BCUT2D eigenvalue weighted by Crippen LogP contribution is -2.44. The number of aromatic nitrogens is 2. The lowest BCUT2D eigenvalue weighted by atomic mass is 9.83. The fraction of sp³-hybridized carbons (Fsp3) is 0.556. The first-order valence-corrected chi connectivity index (χ1v) is 12.5. The Labute approximate surface area is 196 Å². The van der Waals surface area contributed by atoms with E-state index in [1.54, 1.807) is 0 Å². The van der Waals surface area contributed by atoms with E-state index >= 15 is 0 Å². The van der Waals surface area contributed by atoms with Gasteiger partial charge >= 0.3 is 0 Å². The number of anilines is 1. The molecule has 1 atom stereocenters. The third kappa shape index (κ3) is 4.53. The molecule has 33 heavy (non-hydrogen) atoms. The van der Waals surface area contributed by atoms with E-state index in [1.165, 1.54) is 17.5 Å². The quantitative estimate of drug-likeness (QED) is 0.693. The van der Waals surface area contributed by atoms with E-state index in [4.69, 9.17) is 9.97 Å². The van der Waals surface area contributed by atoms with Crippen LogP contribution in [0.15, 0.2) is 24.3 Å². The number of likely N-dealkylation sites (tertiary alicyclic amines) is 1. The Morgan fingerprint density at radius 1 is 1.09 bits per heavy atom. The normalized spacial score (nSPS) is 21.0. The molecule has 3 aliphatic rings. The van der Waals surface area contributed by atoms with Gasteiger partial charge in [0.05, 0.1) is 0 Å². The molecule has 0 N–H and O–H groups in total. The number of hydrogen-bond acceptors (Lipinski definition) is 4. The summed E-state index contributed by atoms with van der Waals surface area (Å²) >= 11 is 0. The molecule has 5 rings (SSSR count). The number of benzene rings is 1. The summed E-state index contributed by atoms with van der Waals surface area (Å²) in [5.74, 6) is 2.42. The molecule has 2 amide bonds. The van der Waals surface area contributed by atoms with Crippen LogP contribution < -0.4 is 4.90 Å². The highest BCUT2D eigenvalue weighted by Gasteiger charge is 2.35. The van der Waals surface area contributed by atoms with Gasteiger partial charge in [0.15, 0.2) is 0 Å². The third-order valence-corrected chi connectivity index (χ3v) is 7.61. The standard InChI is InChI=1S/C27H34N4O2/c1-18-6-3-7-20(16-18)13-15-31-24(32)12-11-23-19(2)28-25(29-26(23)31)22-10-5-14-30(17-22)27(33)21-8-4-9-21/h3,6-7,16,21-22H,4-5,8-15,17H2,1-2H3. The van der Waals surface area contributed by atoms with E-state index in [1.807, 2.05) is 16.7 Å². The summed E-state index contributed by atoms with van der Waals surface area (Å²) < 4.78 is 0. The summed E-state index contributed by atoms with van der Waals surface area (Å²) in [7, 11) is 0. The summed E-state index contributed by atoms with van der Waals surface area (Å²) in [4.78, 5) is 39.5. The predicted octanol–water partition coefficient (Wildman–Crippen LogP) is 4.12. The topological polar surface area (TPSA) is 66.4 Å². The van der Waals surface area contributed by atoms with Crippen molar-refractivity contribution in [2.45, 2.75) is 71.1 Å². The summed E-state index contributed by atoms with van der Waals surface area (Å²) in [6.07, 6.45) is 7.24. The maximum Gasteiger partial charge on any atom is 0.228 e. The van der Waals surface area contributed by atoms with E-state index in [0.29, 0.717) is 31.8 Å². The monoisotopic (exact) mass is 446 g/mol. The molecular formula is C27H34N4O2. The highest BCUT2D eigenvalue weighted by molar-refractivity contribution is 5.95. The molecule has 2 fully saturated rings. The van der Waals surface area contributed by atoms with E-state index in [-0.39, 0.29) is 17.7 Å². The summed E-state index contributed by atoms with van der Waals surface area (Å²) in [5, 5.41) is 0. The molecule has 0 spiro atoms. The van der Waals surface area contributed by atoms with E-state index in [0.717, 1.165) is 61.5 Å². The first-order chi connectivity index (χ1) is 16.0. The van der Waals surface area contributed by atoms with Gasteiger partial charge in [0.1, 0.15) is 11.6 Å². The van der Waals surface area contributed by atoms with Gasteiger partial charge in [0.2, 0.25) is 11.8 Å². The third-order valence-electron chi connectivity index (χ3n) is 7.61. The van der Waals surface area contributed by atoms with Crippen LogP contribution in [0.2, 0.25) is 0 Å². The molecule has 1 saturated heterocycles. The summed E-state index contributed by atoms with van der Waals surface area (Å²) in [5.41, 5.74) is 4.54. The number of piperidine rings is 1. The van der Waals surface area contributed by atoms with Gasteiger partial charge in [-0.2, -0.15) is 0 Å². The predicted molar refractivity (Wildman–Crippen MR) is 128 cm³/mol. The van der Waals surface area contributed by atoms with Crippen molar-refractivity contribution in [3.63, 3.8) is 0 Å². The minimum atomic E-state index is 0.141. The first kappa shape index (κ1) is 22.1. The lowest BCUT2D eigenvalue weighted by molar-refractivity contribution is -0.139.